The van der Waals surface area contributed by atoms with Crippen molar-refractivity contribution in [2.24, 2.45) is 5.41 Å². The number of carbonyl (C=O) groups is 1. The summed E-state index contributed by atoms with van der Waals surface area (Å²) in [5.41, 5.74) is 6.93. The third-order valence-electron chi connectivity index (χ3n) is 3.03. The van der Waals surface area contributed by atoms with Crippen LogP contribution in [0.5, 0.6) is 0 Å². The summed E-state index contributed by atoms with van der Waals surface area (Å²) in [6.07, 6.45) is 0. The Morgan fingerprint density at radius 2 is 1.95 bits per heavy atom. The third kappa shape index (κ3) is 3.36. The number of thiazole rings is 1. The summed E-state index contributed by atoms with van der Waals surface area (Å²) >= 11 is 1.27. The average Bonchev–Trinajstić information content (AvgIpc) is 2.82. The van der Waals surface area contributed by atoms with Crippen LogP contribution in [0.4, 0.5) is 5.13 Å². The van der Waals surface area contributed by atoms with Crippen LogP contribution in [0, 0.1) is 5.41 Å². The van der Waals surface area contributed by atoms with Gasteiger partial charge in [0.05, 0.1) is 6.04 Å². The second-order valence-corrected chi connectivity index (χ2v) is 6.64. The number of rotatable bonds is 3. The second kappa shape index (κ2) is 5.63. The lowest BCUT2D eigenvalue weighted by Crippen LogP contribution is -2.36. The molecule has 0 saturated heterocycles. The zero-order chi connectivity index (χ0) is 14.8. The number of anilines is 1. The average molecular weight is 289 g/mol. The fraction of sp³-hybridized carbons (Fsp3) is 0.333. The maximum atomic E-state index is 12.3. The molecule has 1 atom stereocenters. The molecule has 0 aliphatic carbocycles. The predicted octanol–water partition coefficient (Wildman–Crippen LogP) is 3.24. The van der Waals surface area contributed by atoms with E-state index in [-0.39, 0.29) is 17.4 Å². The van der Waals surface area contributed by atoms with Gasteiger partial charge >= 0.3 is 0 Å². The lowest BCUT2D eigenvalue weighted by molar-refractivity contribution is 0.0897. The number of benzene rings is 1. The van der Waals surface area contributed by atoms with Crippen molar-refractivity contribution in [2.75, 3.05) is 5.73 Å². The van der Waals surface area contributed by atoms with E-state index in [0.29, 0.717) is 10.8 Å². The number of nitrogens with two attached hydrogens (primary N) is 1. The number of aromatic nitrogens is 1. The van der Waals surface area contributed by atoms with Crippen LogP contribution in [0.2, 0.25) is 0 Å². The van der Waals surface area contributed by atoms with E-state index in [1.54, 1.807) is 5.38 Å². The molecule has 0 spiro atoms. The SMILES string of the molecule is CC(C)(C)C(NC(=O)c1csc(N)n1)c1ccccc1. The Kier molecular flexibility index (Phi) is 4.09. The molecule has 5 heteroatoms. The van der Waals surface area contributed by atoms with Gasteiger partial charge in [-0.1, -0.05) is 51.1 Å². The molecule has 1 aromatic carbocycles. The van der Waals surface area contributed by atoms with Crippen LogP contribution >= 0.6 is 11.3 Å². The quantitative estimate of drug-likeness (QED) is 0.911. The van der Waals surface area contributed by atoms with Crippen LogP contribution in [0.25, 0.3) is 0 Å². The minimum Gasteiger partial charge on any atom is -0.375 e. The Hall–Kier alpha value is -1.88. The molecule has 4 nitrogen and oxygen atoms in total. The molecule has 0 fully saturated rings. The summed E-state index contributed by atoms with van der Waals surface area (Å²) in [4.78, 5) is 16.3. The van der Waals surface area contributed by atoms with Gasteiger partial charge in [0, 0.05) is 5.38 Å². The maximum Gasteiger partial charge on any atom is 0.271 e. The fourth-order valence-electron chi connectivity index (χ4n) is 2.04. The van der Waals surface area contributed by atoms with Gasteiger partial charge in [0.1, 0.15) is 5.69 Å². The van der Waals surface area contributed by atoms with Crippen molar-refractivity contribution in [3.8, 4) is 0 Å². The van der Waals surface area contributed by atoms with E-state index in [9.17, 15) is 4.79 Å². The number of nitrogen functional groups attached to an aromatic ring is 1. The molecule has 0 radical (unpaired) electrons. The van der Waals surface area contributed by atoms with Gasteiger partial charge in [-0.2, -0.15) is 0 Å². The lowest BCUT2D eigenvalue weighted by Gasteiger charge is -2.31. The summed E-state index contributed by atoms with van der Waals surface area (Å²) in [5.74, 6) is -0.193. The third-order valence-corrected chi connectivity index (χ3v) is 3.70. The van der Waals surface area contributed by atoms with Gasteiger partial charge < -0.3 is 11.1 Å². The number of hydrogen-bond donors (Lipinski definition) is 2. The first kappa shape index (κ1) is 14.5. The number of nitrogens with zero attached hydrogens (tertiary/aromatic N) is 1. The second-order valence-electron chi connectivity index (χ2n) is 5.75. The molecule has 0 aliphatic heterocycles. The molecule has 106 valence electrons. The Balaban J connectivity index is 2.23. The van der Waals surface area contributed by atoms with Gasteiger partial charge in [0.25, 0.3) is 5.91 Å². The van der Waals surface area contributed by atoms with E-state index in [1.807, 2.05) is 30.3 Å². The molecular weight excluding hydrogens is 270 g/mol. The van der Waals surface area contributed by atoms with Crippen LogP contribution in [-0.2, 0) is 0 Å². The van der Waals surface area contributed by atoms with Crippen LogP contribution in [-0.4, -0.2) is 10.9 Å². The molecule has 0 bridgehead atoms. The molecule has 3 N–H and O–H groups in total. The molecule has 1 unspecified atom stereocenters. The molecule has 1 amide bonds. The van der Waals surface area contributed by atoms with E-state index < -0.39 is 0 Å². The molecule has 1 heterocycles. The molecule has 1 aromatic heterocycles. The van der Waals surface area contributed by atoms with Crippen molar-refractivity contribution < 1.29 is 4.79 Å². The van der Waals surface area contributed by atoms with E-state index in [1.165, 1.54) is 11.3 Å². The maximum absolute atomic E-state index is 12.3. The van der Waals surface area contributed by atoms with Crippen LogP contribution in [0.15, 0.2) is 35.7 Å². The molecule has 20 heavy (non-hydrogen) atoms. The summed E-state index contributed by atoms with van der Waals surface area (Å²) in [6.45, 7) is 6.29. The first-order chi connectivity index (χ1) is 9.38. The zero-order valence-electron chi connectivity index (χ0n) is 11.9. The van der Waals surface area contributed by atoms with Crippen molar-refractivity contribution in [1.29, 1.82) is 0 Å². The topological polar surface area (TPSA) is 68.0 Å². The van der Waals surface area contributed by atoms with E-state index in [2.05, 4.69) is 31.1 Å². The summed E-state index contributed by atoms with van der Waals surface area (Å²) in [7, 11) is 0. The highest BCUT2D eigenvalue weighted by molar-refractivity contribution is 7.13. The van der Waals surface area contributed by atoms with Gasteiger partial charge in [0.2, 0.25) is 0 Å². The van der Waals surface area contributed by atoms with Gasteiger partial charge in [-0.3, -0.25) is 4.79 Å². The number of nitrogens with one attached hydrogen (secondary N) is 1. The number of hydrogen-bond acceptors (Lipinski definition) is 4. The predicted molar refractivity (Wildman–Crippen MR) is 82.6 cm³/mol. The minimum atomic E-state index is -0.193. The first-order valence-corrected chi connectivity index (χ1v) is 7.32. The Bertz CT molecular complexity index is 587. The van der Waals surface area contributed by atoms with Crippen molar-refractivity contribution in [3.63, 3.8) is 0 Å². The Morgan fingerprint density at radius 3 is 2.45 bits per heavy atom. The van der Waals surface area contributed by atoms with E-state index in [4.69, 9.17) is 5.73 Å². The Labute approximate surface area is 123 Å². The van der Waals surface area contributed by atoms with Gasteiger partial charge in [-0.25, -0.2) is 4.98 Å². The van der Waals surface area contributed by atoms with Crippen molar-refractivity contribution >= 4 is 22.4 Å². The highest BCUT2D eigenvalue weighted by atomic mass is 32.1. The highest BCUT2D eigenvalue weighted by Gasteiger charge is 2.28. The summed E-state index contributed by atoms with van der Waals surface area (Å²) in [5, 5.41) is 5.13. The molecule has 0 saturated carbocycles. The normalized spacial score (nSPS) is 12.9. The van der Waals surface area contributed by atoms with Gasteiger partial charge in [-0.15, -0.1) is 11.3 Å². The van der Waals surface area contributed by atoms with Crippen LogP contribution < -0.4 is 11.1 Å². The monoisotopic (exact) mass is 289 g/mol. The molecule has 2 aromatic rings. The van der Waals surface area contributed by atoms with Crippen molar-refractivity contribution in [3.05, 3.63) is 47.0 Å². The summed E-state index contributed by atoms with van der Waals surface area (Å²) < 4.78 is 0. The summed E-state index contributed by atoms with van der Waals surface area (Å²) in [6, 6.07) is 9.87. The van der Waals surface area contributed by atoms with Gasteiger partial charge in [0.15, 0.2) is 5.13 Å². The fourth-order valence-corrected chi connectivity index (χ4v) is 2.59. The van der Waals surface area contributed by atoms with Crippen LogP contribution in [0.1, 0.15) is 42.9 Å². The Morgan fingerprint density at radius 1 is 1.30 bits per heavy atom. The van der Waals surface area contributed by atoms with Gasteiger partial charge in [-0.05, 0) is 11.0 Å². The molecule has 2 rings (SSSR count). The van der Waals surface area contributed by atoms with E-state index in [0.717, 1.165) is 5.56 Å². The number of carbonyl (C=O) groups excluding carboxylic acids is 1. The largest absolute Gasteiger partial charge is 0.375 e. The van der Waals surface area contributed by atoms with Crippen molar-refractivity contribution in [2.45, 2.75) is 26.8 Å². The minimum absolute atomic E-state index is 0.0841. The smallest absolute Gasteiger partial charge is 0.271 e. The molecule has 0 aliphatic rings. The zero-order valence-corrected chi connectivity index (χ0v) is 12.7. The van der Waals surface area contributed by atoms with Crippen molar-refractivity contribution in [1.82, 2.24) is 10.3 Å². The first-order valence-electron chi connectivity index (χ1n) is 6.45. The lowest BCUT2D eigenvalue weighted by atomic mass is 9.82. The molecular formula is C15H19N3OS. The highest BCUT2D eigenvalue weighted by Crippen LogP contribution is 2.32. The number of amides is 1. The standard InChI is InChI=1S/C15H19N3OS/c1-15(2,3)12(10-7-5-4-6-8-10)18-13(19)11-9-20-14(16)17-11/h4-9,12H,1-3H3,(H2,16,17)(H,18,19). The van der Waals surface area contributed by atoms with E-state index >= 15 is 0 Å². The van der Waals surface area contributed by atoms with Crippen LogP contribution in [0.3, 0.4) is 0 Å².